The third-order valence-electron chi connectivity index (χ3n) is 3.96. The van der Waals surface area contributed by atoms with Gasteiger partial charge < -0.3 is 9.64 Å². The highest BCUT2D eigenvalue weighted by molar-refractivity contribution is 6.32. The molecule has 0 saturated heterocycles. The number of benzene rings is 1. The Bertz CT molecular complexity index is 458. The second-order valence-electron chi connectivity index (χ2n) is 5.43. The van der Waals surface area contributed by atoms with Gasteiger partial charge in [0.15, 0.2) is 6.10 Å². The summed E-state index contributed by atoms with van der Waals surface area (Å²) < 4.78 is 5.70. The number of ether oxygens (including phenoxy) is 1. The minimum absolute atomic E-state index is 0.0248. The molecule has 0 aromatic heterocycles. The summed E-state index contributed by atoms with van der Waals surface area (Å²) in [6.07, 6.45) is 5.39. The summed E-state index contributed by atoms with van der Waals surface area (Å²) in [7, 11) is 1.88. The number of amides is 1. The standard InChI is InChI=1S/C16H22ClNO2/c1-12(20-15-11-7-6-10-14(15)17)16(19)18(2)13-8-4-3-5-9-13/h6-7,10-13H,3-5,8-9H2,1-2H3/t12-/m1/s1. The van der Waals surface area contributed by atoms with Gasteiger partial charge >= 0.3 is 0 Å². The van der Waals surface area contributed by atoms with Crippen molar-refractivity contribution in [3.8, 4) is 5.75 Å². The third-order valence-corrected chi connectivity index (χ3v) is 4.27. The van der Waals surface area contributed by atoms with E-state index in [4.69, 9.17) is 16.3 Å². The summed E-state index contributed by atoms with van der Waals surface area (Å²) in [5.74, 6) is 0.587. The Hall–Kier alpha value is -1.22. The van der Waals surface area contributed by atoms with E-state index in [1.165, 1.54) is 19.3 Å². The Balaban J connectivity index is 1.96. The lowest BCUT2D eigenvalue weighted by Gasteiger charge is -2.33. The number of rotatable bonds is 4. The van der Waals surface area contributed by atoms with Gasteiger partial charge in [0.2, 0.25) is 0 Å². The van der Waals surface area contributed by atoms with Crippen LogP contribution in [0.2, 0.25) is 5.02 Å². The van der Waals surface area contributed by atoms with Crippen molar-refractivity contribution in [1.29, 1.82) is 0 Å². The highest BCUT2D eigenvalue weighted by atomic mass is 35.5. The monoisotopic (exact) mass is 295 g/mol. The van der Waals surface area contributed by atoms with Crippen molar-refractivity contribution in [1.82, 2.24) is 4.90 Å². The molecule has 1 amide bonds. The molecule has 1 atom stereocenters. The smallest absolute Gasteiger partial charge is 0.263 e. The summed E-state index contributed by atoms with van der Waals surface area (Å²) in [5.41, 5.74) is 0. The maximum absolute atomic E-state index is 12.4. The predicted octanol–water partition coefficient (Wildman–Crippen LogP) is 3.90. The fourth-order valence-electron chi connectivity index (χ4n) is 2.72. The van der Waals surface area contributed by atoms with Crippen LogP contribution >= 0.6 is 11.6 Å². The van der Waals surface area contributed by atoms with Crippen molar-refractivity contribution in [3.05, 3.63) is 29.3 Å². The molecule has 0 aliphatic heterocycles. The van der Waals surface area contributed by atoms with Gasteiger partial charge in [0.1, 0.15) is 5.75 Å². The van der Waals surface area contributed by atoms with Crippen LogP contribution < -0.4 is 4.74 Å². The van der Waals surface area contributed by atoms with E-state index in [-0.39, 0.29) is 5.91 Å². The Morgan fingerprint density at radius 2 is 1.95 bits per heavy atom. The van der Waals surface area contributed by atoms with Gasteiger partial charge in [-0.05, 0) is 31.9 Å². The molecule has 0 spiro atoms. The number of hydrogen-bond donors (Lipinski definition) is 0. The highest BCUT2D eigenvalue weighted by Gasteiger charge is 2.26. The molecule has 110 valence electrons. The Morgan fingerprint density at radius 1 is 1.30 bits per heavy atom. The summed E-state index contributed by atoms with van der Waals surface area (Å²) in [6, 6.07) is 7.60. The van der Waals surface area contributed by atoms with Crippen molar-refractivity contribution in [2.24, 2.45) is 0 Å². The molecule has 0 bridgehead atoms. The number of carbonyl (C=O) groups excluding carboxylic acids is 1. The molecule has 0 radical (unpaired) electrons. The fourth-order valence-corrected chi connectivity index (χ4v) is 2.90. The number of para-hydroxylation sites is 1. The van der Waals surface area contributed by atoms with Crippen LogP contribution in [0.25, 0.3) is 0 Å². The van der Waals surface area contributed by atoms with E-state index >= 15 is 0 Å². The Labute approximate surface area is 125 Å². The van der Waals surface area contributed by atoms with Crippen molar-refractivity contribution in [2.45, 2.75) is 51.2 Å². The second kappa shape index (κ2) is 6.98. The van der Waals surface area contributed by atoms with Crippen molar-refractivity contribution >= 4 is 17.5 Å². The number of halogens is 1. The second-order valence-corrected chi connectivity index (χ2v) is 5.84. The lowest BCUT2D eigenvalue weighted by Crippen LogP contribution is -2.44. The molecule has 1 fully saturated rings. The van der Waals surface area contributed by atoms with Crippen molar-refractivity contribution in [2.75, 3.05) is 7.05 Å². The summed E-state index contributed by atoms with van der Waals surface area (Å²) in [5, 5.41) is 0.535. The van der Waals surface area contributed by atoms with Crippen LogP contribution in [0.1, 0.15) is 39.0 Å². The largest absolute Gasteiger partial charge is 0.479 e. The molecule has 1 aliphatic carbocycles. The Morgan fingerprint density at radius 3 is 2.60 bits per heavy atom. The van der Waals surface area contributed by atoms with Gasteiger partial charge in [0, 0.05) is 13.1 Å². The average Bonchev–Trinajstić information content (AvgIpc) is 2.49. The zero-order valence-corrected chi connectivity index (χ0v) is 12.9. The quantitative estimate of drug-likeness (QED) is 0.843. The van der Waals surface area contributed by atoms with Gasteiger partial charge in [-0.2, -0.15) is 0 Å². The molecule has 1 saturated carbocycles. The first-order chi connectivity index (χ1) is 9.59. The molecule has 0 heterocycles. The highest BCUT2D eigenvalue weighted by Crippen LogP contribution is 2.26. The molecule has 1 aromatic carbocycles. The zero-order valence-electron chi connectivity index (χ0n) is 12.1. The minimum Gasteiger partial charge on any atom is -0.479 e. The first kappa shape index (κ1) is 15.2. The van der Waals surface area contributed by atoms with Crippen LogP contribution in [0.3, 0.4) is 0 Å². The molecule has 0 N–H and O–H groups in total. The van der Waals surface area contributed by atoms with Gasteiger partial charge in [0.05, 0.1) is 5.02 Å². The molecular weight excluding hydrogens is 274 g/mol. The van der Waals surface area contributed by atoms with Crippen LogP contribution in [0.5, 0.6) is 5.75 Å². The molecule has 1 aliphatic rings. The molecular formula is C16H22ClNO2. The number of likely N-dealkylation sites (N-methyl/N-ethyl adjacent to an activating group) is 1. The molecule has 1 aromatic rings. The SMILES string of the molecule is C[C@@H](Oc1ccccc1Cl)C(=O)N(C)C1CCCCC1. The van der Waals surface area contributed by atoms with E-state index < -0.39 is 6.10 Å². The summed E-state index contributed by atoms with van der Waals surface area (Å²) in [4.78, 5) is 14.3. The molecule has 4 heteroatoms. The van der Waals surface area contributed by atoms with E-state index in [0.717, 1.165) is 12.8 Å². The fraction of sp³-hybridized carbons (Fsp3) is 0.562. The topological polar surface area (TPSA) is 29.5 Å². The maximum Gasteiger partial charge on any atom is 0.263 e. The summed E-state index contributed by atoms with van der Waals surface area (Å²) >= 11 is 6.05. The lowest BCUT2D eigenvalue weighted by molar-refractivity contribution is -0.139. The van der Waals surface area contributed by atoms with Gasteiger partial charge in [-0.1, -0.05) is 43.0 Å². The van der Waals surface area contributed by atoms with E-state index in [1.807, 2.05) is 24.1 Å². The first-order valence-corrected chi connectivity index (χ1v) is 7.65. The average molecular weight is 296 g/mol. The molecule has 0 unspecified atom stereocenters. The Kier molecular flexibility index (Phi) is 5.30. The van der Waals surface area contributed by atoms with Crippen molar-refractivity contribution < 1.29 is 9.53 Å². The minimum atomic E-state index is -0.512. The molecule has 20 heavy (non-hydrogen) atoms. The number of nitrogens with zero attached hydrogens (tertiary/aromatic N) is 1. The normalized spacial score (nSPS) is 17.6. The van der Waals surface area contributed by atoms with E-state index in [2.05, 4.69) is 0 Å². The van der Waals surface area contributed by atoms with Crippen LogP contribution in [0, 0.1) is 0 Å². The predicted molar refractivity (Wildman–Crippen MR) is 81.2 cm³/mol. The number of carbonyl (C=O) groups is 1. The third kappa shape index (κ3) is 3.66. The van der Waals surface area contributed by atoms with Gasteiger partial charge in [-0.3, -0.25) is 4.79 Å². The molecule has 3 nitrogen and oxygen atoms in total. The maximum atomic E-state index is 12.4. The zero-order chi connectivity index (χ0) is 14.5. The van der Waals surface area contributed by atoms with E-state index in [9.17, 15) is 4.79 Å². The van der Waals surface area contributed by atoms with Crippen LogP contribution in [0.4, 0.5) is 0 Å². The molecule has 2 rings (SSSR count). The van der Waals surface area contributed by atoms with Gasteiger partial charge in [-0.25, -0.2) is 0 Å². The summed E-state index contributed by atoms with van der Waals surface area (Å²) in [6.45, 7) is 1.78. The van der Waals surface area contributed by atoms with E-state index in [1.54, 1.807) is 19.1 Å². The number of hydrogen-bond acceptors (Lipinski definition) is 2. The van der Waals surface area contributed by atoms with Gasteiger partial charge in [-0.15, -0.1) is 0 Å². The van der Waals surface area contributed by atoms with Gasteiger partial charge in [0.25, 0.3) is 5.91 Å². The van der Waals surface area contributed by atoms with Crippen molar-refractivity contribution in [3.63, 3.8) is 0 Å². The van der Waals surface area contributed by atoms with Crippen LogP contribution in [0.15, 0.2) is 24.3 Å². The first-order valence-electron chi connectivity index (χ1n) is 7.27. The van der Waals surface area contributed by atoms with E-state index in [0.29, 0.717) is 16.8 Å². The lowest BCUT2D eigenvalue weighted by atomic mass is 9.94. The van der Waals surface area contributed by atoms with Crippen LogP contribution in [-0.4, -0.2) is 30.0 Å². The van der Waals surface area contributed by atoms with Crippen LogP contribution in [-0.2, 0) is 4.79 Å².